The first kappa shape index (κ1) is 16.9. The number of nitrogens with zero attached hydrogens (tertiary/aromatic N) is 3. The van der Waals surface area contributed by atoms with Crippen molar-refractivity contribution in [3.05, 3.63) is 52.5 Å². The number of carbonyl (C=O) groups is 3. The van der Waals surface area contributed by atoms with Crippen molar-refractivity contribution in [2.75, 3.05) is 9.80 Å². The molecule has 1 saturated heterocycles. The van der Waals surface area contributed by atoms with Crippen molar-refractivity contribution in [1.29, 1.82) is 0 Å². The van der Waals surface area contributed by atoms with Crippen molar-refractivity contribution >= 4 is 66.1 Å². The molecule has 0 N–H and O–H groups in total. The average molecular weight is 430 g/mol. The number of carbonyl (C=O) groups excluding carboxylic acids is 3. The average Bonchev–Trinajstić information content (AvgIpc) is 2.98. The molecular weight excluding hydrogens is 418 g/mol. The summed E-state index contributed by atoms with van der Waals surface area (Å²) in [5.41, 5.74) is 2.13. The quantitative estimate of drug-likeness (QED) is 0.570. The molecule has 26 heavy (non-hydrogen) atoms. The van der Waals surface area contributed by atoms with Crippen LogP contribution in [0.1, 0.15) is 12.0 Å². The summed E-state index contributed by atoms with van der Waals surface area (Å²) in [4.78, 5) is 44.1. The van der Waals surface area contributed by atoms with Gasteiger partial charge in [-0.15, -0.1) is 0 Å². The van der Waals surface area contributed by atoms with Crippen molar-refractivity contribution in [3.63, 3.8) is 0 Å². The molecule has 1 aliphatic rings. The van der Waals surface area contributed by atoms with Gasteiger partial charge in [0.05, 0.1) is 15.9 Å². The molecule has 4 rings (SSSR count). The van der Waals surface area contributed by atoms with Gasteiger partial charge in [0.25, 0.3) is 0 Å². The molecule has 0 radical (unpaired) electrons. The van der Waals surface area contributed by atoms with Crippen LogP contribution >= 0.6 is 27.3 Å². The number of thiazole rings is 1. The number of anilines is 2. The molecule has 6 nitrogen and oxygen atoms in total. The minimum Gasteiger partial charge on any atom is -0.273 e. The third-order valence-electron chi connectivity index (χ3n) is 4.01. The second-order valence-corrected chi connectivity index (χ2v) is 7.79. The normalized spacial score (nSPS) is 15.2. The molecule has 8 heteroatoms. The fourth-order valence-electron chi connectivity index (χ4n) is 2.72. The SMILES string of the molecule is Cc1ccc(N2C(=O)CC(=O)N(c3nc4ccc(Br)cc4s3)C2=O)cc1. The summed E-state index contributed by atoms with van der Waals surface area (Å²) in [6.45, 7) is 1.92. The van der Waals surface area contributed by atoms with Gasteiger partial charge in [0.15, 0.2) is 0 Å². The summed E-state index contributed by atoms with van der Waals surface area (Å²) < 4.78 is 1.72. The van der Waals surface area contributed by atoms with Gasteiger partial charge in [0.2, 0.25) is 16.9 Å². The van der Waals surface area contributed by atoms with Gasteiger partial charge in [-0.05, 0) is 37.3 Å². The van der Waals surface area contributed by atoms with Crippen LogP contribution in [0.25, 0.3) is 10.2 Å². The minimum absolute atomic E-state index is 0.262. The molecule has 0 unspecified atom stereocenters. The number of barbiturate groups is 1. The number of imide groups is 2. The van der Waals surface area contributed by atoms with E-state index in [1.165, 1.54) is 11.3 Å². The Balaban J connectivity index is 1.76. The summed E-state index contributed by atoms with van der Waals surface area (Å²) >= 11 is 4.63. The number of amides is 4. The highest BCUT2D eigenvalue weighted by atomic mass is 79.9. The molecule has 2 aromatic carbocycles. The Morgan fingerprint density at radius 2 is 1.69 bits per heavy atom. The number of hydrogen-bond donors (Lipinski definition) is 0. The highest BCUT2D eigenvalue weighted by molar-refractivity contribution is 9.10. The lowest BCUT2D eigenvalue weighted by Crippen LogP contribution is -2.55. The van der Waals surface area contributed by atoms with Crippen molar-refractivity contribution in [2.24, 2.45) is 0 Å². The lowest BCUT2D eigenvalue weighted by Gasteiger charge is -2.31. The van der Waals surface area contributed by atoms with Gasteiger partial charge in [0.1, 0.15) is 6.42 Å². The Kier molecular flexibility index (Phi) is 4.08. The van der Waals surface area contributed by atoms with Crippen LogP contribution in [0, 0.1) is 6.92 Å². The monoisotopic (exact) mass is 429 g/mol. The van der Waals surface area contributed by atoms with Crippen LogP contribution in [-0.4, -0.2) is 22.8 Å². The Bertz CT molecular complexity index is 1060. The van der Waals surface area contributed by atoms with Crippen molar-refractivity contribution in [3.8, 4) is 0 Å². The van der Waals surface area contributed by atoms with Gasteiger partial charge < -0.3 is 0 Å². The van der Waals surface area contributed by atoms with E-state index in [0.29, 0.717) is 11.2 Å². The Labute approximate surface area is 161 Å². The molecule has 0 bridgehead atoms. The van der Waals surface area contributed by atoms with Crippen LogP contribution in [0.4, 0.5) is 15.6 Å². The zero-order valence-corrected chi connectivity index (χ0v) is 16.0. The number of urea groups is 1. The topological polar surface area (TPSA) is 70.6 Å². The first-order valence-electron chi connectivity index (χ1n) is 7.76. The second kappa shape index (κ2) is 6.30. The third-order valence-corrected chi connectivity index (χ3v) is 5.50. The molecule has 0 atom stereocenters. The van der Waals surface area contributed by atoms with Crippen LogP contribution in [0.15, 0.2) is 46.9 Å². The van der Waals surface area contributed by atoms with Crippen LogP contribution in [0.3, 0.4) is 0 Å². The maximum Gasteiger partial charge on any atom is 0.344 e. The zero-order chi connectivity index (χ0) is 18.4. The minimum atomic E-state index is -0.701. The molecule has 1 aromatic heterocycles. The summed E-state index contributed by atoms with van der Waals surface area (Å²) in [5.74, 6) is -1.11. The second-order valence-electron chi connectivity index (χ2n) is 5.86. The number of hydrogen-bond acceptors (Lipinski definition) is 5. The van der Waals surface area contributed by atoms with E-state index in [9.17, 15) is 14.4 Å². The van der Waals surface area contributed by atoms with Gasteiger partial charge in [-0.3, -0.25) is 9.59 Å². The maximum atomic E-state index is 12.9. The molecule has 2 heterocycles. The van der Waals surface area contributed by atoms with E-state index in [4.69, 9.17) is 0 Å². The predicted octanol–water partition coefficient (Wildman–Crippen LogP) is 4.26. The molecule has 0 saturated carbocycles. The van der Waals surface area contributed by atoms with Crippen molar-refractivity contribution < 1.29 is 14.4 Å². The number of aromatic nitrogens is 1. The van der Waals surface area contributed by atoms with E-state index in [1.807, 2.05) is 31.2 Å². The highest BCUT2D eigenvalue weighted by Gasteiger charge is 2.41. The summed E-state index contributed by atoms with van der Waals surface area (Å²) in [6, 6.07) is 11.8. The predicted molar refractivity (Wildman–Crippen MR) is 103 cm³/mol. The molecule has 1 aliphatic heterocycles. The number of fused-ring (bicyclic) bond motifs is 1. The maximum absolute atomic E-state index is 12.9. The number of halogens is 1. The van der Waals surface area contributed by atoms with Gasteiger partial charge in [-0.1, -0.05) is 45.0 Å². The Morgan fingerprint density at radius 3 is 2.42 bits per heavy atom. The molecular formula is C18H12BrN3O3S. The Hall–Kier alpha value is -2.58. The van der Waals surface area contributed by atoms with Crippen LogP contribution in [0.2, 0.25) is 0 Å². The van der Waals surface area contributed by atoms with Gasteiger partial charge in [-0.25, -0.2) is 19.6 Å². The molecule has 130 valence electrons. The van der Waals surface area contributed by atoms with Crippen LogP contribution < -0.4 is 9.80 Å². The van der Waals surface area contributed by atoms with E-state index in [2.05, 4.69) is 20.9 Å². The first-order valence-corrected chi connectivity index (χ1v) is 9.37. The lowest BCUT2D eigenvalue weighted by molar-refractivity contribution is -0.126. The smallest absolute Gasteiger partial charge is 0.273 e. The number of benzene rings is 2. The van der Waals surface area contributed by atoms with Gasteiger partial charge in [0, 0.05) is 4.47 Å². The largest absolute Gasteiger partial charge is 0.344 e. The summed E-state index contributed by atoms with van der Waals surface area (Å²) in [5, 5.41) is 0.262. The van der Waals surface area contributed by atoms with E-state index < -0.39 is 17.8 Å². The third kappa shape index (κ3) is 2.81. The Morgan fingerprint density at radius 1 is 1.00 bits per heavy atom. The standard InChI is InChI=1S/C18H12BrN3O3S/c1-10-2-5-12(6-3-10)21-15(23)9-16(24)22(18(21)25)17-20-13-7-4-11(19)8-14(13)26-17/h2-8H,9H2,1H3. The molecule has 0 spiro atoms. The molecule has 3 aromatic rings. The van der Waals surface area contributed by atoms with E-state index >= 15 is 0 Å². The highest BCUT2D eigenvalue weighted by Crippen LogP contribution is 2.34. The lowest BCUT2D eigenvalue weighted by atomic mass is 10.2. The molecule has 0 aliphatic carbocycles. The summed E-state index contributed by atoms with van der Waals surface area (Å²) in [7, 11) is 0. The summed E-state index contributed by atoms with van der Waals surface area (Å²) in [6.07, 6.45) is -0.376. The van der Waals surface area contributed by atoms with Crippen LogP contribution in [-0.2, 0) is 9.59 Å². The van der Waals surface area contributed by atoms with Gasteiger partial charge >= 0.3 is 6.03 Å². The van der Waals surface area contributed by atoms with Crippen molar-refractivity contribution in [1.82, 2.24) is 4.98 Å². The van der Waals surface area contributed by atoms with E-state index in [-0.39, 0.29) is 11.6 Å². The number of rotatable bonds is 2. The molecule has 4 amide bonds. The molecule has 1 fully saturated rings. The fraction of sp³-hybridized carbons (Fsp3) is 0.111. The van der Waals surface area contributed by atoms with Crippen molar-refractivity contribution in [2.45, 2.75) is 13.3 Å². The number of aryl methyl sites for hydroxylation is 1. The van der Waals surface area contributed by atoms with E-state index in [0.717, 1.165) is 24.5 Å². The van der Waals surface area contributed by atoms with Gasteiger partial charge in [-0.2, -0.15) is 0 Å². The van der Waals surface area contributed by atoms with Crippen LogP contribution in [0.5, 0.6) is 0 Å². The first-order chi connectivity index (χ1) is 12.4. The zero-order valence-electron chi connectivity index (χ0n) is 13.6. The fourth-order valence-corrected chi connectivity index (χ4v) is 4.25. The van der Waals surface area contributed by atoms with E-state index in [1.54, 1.807) is 18.2 Å².